The zero-order chi connectivity index (χ0) is 42.9. The van der Waals surface area contributed by atoms with E-state index in [4.69, 9.17) is 18.4 Å². The van der Waals surface area contributed by atoms with Crippen molar-refractivity contribution in [2.24, 2.45) is 11.8 Å². The highest BCUT2D eigenvalue weighted by atomic mass is 28.4. The van der Waals surface area contributed by atoms with Crippen molar-refractivity contribution in [2.45, 2.75) is 89.1 Å². The van der Waals surface area contributed by atoms with Gasteiger partial charge in [0, 0.05) is 29.7 Å². The first-order chi connectivity index (χ1) is 28.4. The highest BCUT2D eigenvalue weighted by Gasteiger charge is 2.67. The monoisotopic (exact) mass is 836 g/mol. The van der Waals surface area contributed by atoms with Gasteiger partial charge in [0.1, 0.15) is 30.4 Å². The van der Waals surface area contributed by atoms with Gasteiger partial charge in [-0.05, 0) is 80.7 Å². The highest BCUT2D eigenvalue weighted by Crippen LogP contribution is 2.60. The van der Waals surface area contributed by atoms with Crippen LogP contribution in [0.2, 0.25) is 18.1 Å². The molecule has 1 fully saturated rings. The minimum atomic E-state index is -2.98. The molecular formula is C46H53FN4O8Si. The van der Waals surface area contributed by atoms with Gasteiger partial charge < -0.3 is 28.8 Å². The number of rotatable bonds is 11. The van der Waals surface area contributed by atoms with E-state index in [-0.39, 0.29) is 77.3 Å². The summed E-state index contributed by atoms with van der Waals surface area (Å²) in [6.45, 7) is 10.9. The second-order valence-electron chi connectivity index (χ2n) is 18.3. The highest BCUT2D eigenvalue weighted by molar-refractivity contribution is 6.74. The number of anilines is 1. The maximum absolute atomic E-state index is 16.6. The molecule has 1 saturated heterocycles. The van der Waals surface area contributed by atoms with Gasteiger partial charge in [-0.3, -0.25) is 24.2 Å². The van der Waals surface area contributed by atoms with Crippen LogP contribution >= 0.6 is 0 Å². The number of nitrogens with one attached hydrogen (secondary N) is 1. The molecule has 5 atom stereocenters. The summed E-state index contributed by atoms with van der Waals surface area (Å²) in [6.07, 6.45) is 0.813. The number of ether oxygens (including phenoxy) is 2. The van der Waals surface area contributed by atoms with E-state index in [2.05, 4.69) is 10.5 Å². The zero-order valence-electron chi connectivity index (χ0n) is 35.4. The molecule has 8 rings (SSSR count). The van der Waals surface area contributed by atoms with Crippen molar-refractivity contribution in [1.29, 1.82) is 0 Å². The fourth-order valence-corrected chi connectivity index (χ4v) is 10.5. The largest absolute Gasteiger partial charge is 0.508 e. The average molecular weight is 837 g/mol. The Kier molecular flexibility index (Phi) is 10.7. The molecule has 316 valence electrons. The molecule has 1 aromatic heterocycles. The Morgan fingerprint density at radius 1 is 1.03 bits per heavy atom. The van der Waals surface area contributed by atoms with Gasteiger partial charge in [0.2, 0.25) is 11.7 Å². The number of hydrogen-bond donors (Lipinski definition) is 2. The third-order valence-corrected chi connectivity index (χ3v) is 17.7. The number of aromatic nitrogens is 1. The van der Waals surface area contributed by atoms with Crippen LogP contribution in [0.4, 0.5) is 10.1 Å². The van der Waals surface area contributed by atoms with Crippen LogP contribution in [0, 0.1) is 17.7 Å². The van der Waals surface area contributed by atoms with Crippen LogP contribution in [0.3, 0.4) is 0 Å². The first-order valence-electron chi connectivity index (χ1n) is 20.5. The van der Waals surface area contributed by atoms with E-state index in [1.807, 2.05) is 125 Å². The van der Waals surface area contributed by atoms with E-state index in [0.29, 0.717) is 6.42 Å². The first kappa shape index (κ1) is 41.6. The summed E-state index contributed by atoms with van der Waals surface area (Å²) in [5.74, 6) is -4.13. The fraction of sp³-hybridized carbons (Fsp3) is 0.435. The van der Waals surface area contributed by atoms with Crippen molar-refractivity contribution in [1.82, 2.24) is 15.0 Å². The molecule has 0 radical (unpaired) electrons. The molecule has 4 aromatic rings. The lowest BCUT2D eigenvalue weighted by Crippen LogP contribution is -2.65. The van der Waals surface area contributed by atoms with Crippen molar-refractivity contribution in [3.63, 3.8) is 0 Å². The number of Topliss-reactive ketones (excluding diaryl/α,β-unsaturated/α-hetero) is 2. The Morgan fingerprint density at radius 3 is 2.23 bits per heavy atom. The van der Waals surface area contributed by atoms with Crippen LogP contribution in [0.1, 0.15) is 82.8 Å². The Bertz CT molecular complexity index is 2380. The number of amides is 1. The predicted molar refractivity (Wildman–Crippen MR) is 225 cm³/mol. The minimum absolute atomic E-state index is 0.00474. The number of allylic oxidation sites excluding steroid dienone is 1. The Balaban J connectivity index is 1.30. The molecule has 1 aliphatic heterocycles. The molecule has 2 heterocycles. The Morgan fingerprint density at radius 2 is 1.67 bits per heavy atom. The van der Waals surface area contributed by atoms with Gasteiger partial charge in [0.05, 0.1) is 23.3 Å². The van der Waals surface area contributed by atoms with Gasteiger partial charge in [-0.15, -0.1) is 0 Å². The Hall–Kier alpha value is -5.15. The molecule has 60 heavy (non-hydrogen) atoms. The van der Waals surface area contributed by atoms with Crippen molar-refractivity contribution in [2.75, 3.05) is 33.0 Å². The molecule has 2 N–H and O–H groups in total. The third-order valence-electron chi connectivity index (χ3n) is 13.3. The van der Waals surface area contributed by atoms with E-state index in [1.165, 1.54) is 6.07 Å². The normalized spacial score (nSPS) is 24.0. The average Bonchev–Trinajstić information content (AvgIpc) is 3.61. The number of likely N-dealkylation sites (N-methyl/N-ethyl adjacent to an activating group) is 1. The van der Waals surface area contributed by atoms with Gasteiger partial charge in [-0.2, -0.15) is 0 Å². The van der Waals surface area contributed by atoms with Crippen molar-refractivity contribution in [3.05, 3.63) is 117 Å². The van der Waals surface area contributed by atoms with E-state index < -0.39 is 66.0 Å². The van der Waals surface area contributed by atoms with Crippen LogP contribution in [0.15, 0.2) is 82.6 Å². The lowest BCUT2D eigenvalue weighted by Gasteiger charge is -2.55. The molecule has 4 aliphatic rings. The quantitative estimate of drug-likeness (QED) is 0.142. The van der Waals surface area contributed by atoms with Crippen LogP contribution in [0.25, 0.3) is 0 Å². The number of halogens is 1. The lowest BCUT2D eigenvalue weighted by atomic mass is 9.58. The topological polar surface area (TPSA) is 144 Å². The van der Waals surface area contributed by atoms with E-state index in [9.17, 15) is 9.90 Å². The van der Waals surface area contributed by atoms with Crippen molar-refractivity contribution in [3.8, 4) is 11.6 Å². The Labute approximate surface area is 350 Å². The number of carbonyl (C=O) groups is 3. The number of hydrogen-bond acceptors (Lipinski definition) is 11. The maximum atomic E-state index is 16.6. The molecule has 12 nitrogen and oxygen atoms in total. The number of carbonyl (C=O) groups excluding carboxylic acids is 3. The fourth-order valence-electron chi connectivity index (χ4n) is 9.00. The molecule has 1 amide bonds. The van der Waals surface area contributed by atoms with E-state index in [1.54, 1.807) is 0 Å². The molecule has 3 aromatic carbocycles. The molecular weight excluding hydrogens is 784 g/mol. The second kappa shape index (κ2) is 15.4. The van der Waals surface area contributed by atoms with E-state index in [0.717, 1.165) is 17.7 Å². The third kappa shape index (κ3) is 6.87. The summed E-state index contributed by atoms with van der Waals surface area (Å²) in [6, 6.07) is 18.9. The number of likely N-dealkylation sites (tertiary alicyclic amines) is 1. The molecule has 0 saturated carbocycles. The number of benzene rings is 3. The van der Waals surface area contributed by atoms with Gasteiger partial charge in [-0.1, -0.05) is 81.4 Å². The molecule has 0 spiro atoms. The number of ketones is 2. The summed E-state index contributed by atoms with van der Waals surface area (Å²) in [5.41, 5.74) is -0.417. The SMILES string of the molecule is CN(C)[C@@H]1c2onc(OCc3ccccc3)c2C(=O)C2(O[Si](C)(C)C(C)(C)C)C(O)=C3C(=O)c4c(c(F)cc(NC(=O)[C@@H]5CCN5C)c4OCc4ccccc4)C[C@H]3C[C@@H]12. The molecule has 14 heteroatoms. The lowest BCUT2D eigenvalue weighted by molar-refractivity contribution is -0.124. The molecule has 3 aliphatic carbocycles. The number of aliphatic hydroxyl groups is 1. The summed E-state index contributed by atoms with van der Waals surface area (Å²) in [5, 5.41) is 19.7. The van der Waals surface area contributed by atoms with Crippen LogP contribution in [-0.4, -0.2) is 85.2 Å². The molecule has 1 unspecified atom stereocenters. The zero-order valence-corrected chi connectivity index (χ0v) is 36.4. The van der Waals surface area contributed by atoms with Crippen LogP contribution in [0.5, 0.6) is 11.6 Å². The number of nitrogens with zero attached hydrogens (tertiary/aromatic N) is 3. The minimum Gasteiger partial charge on any atom is -0.508 e. The van der Waals surface area contributed by atoms with Gasteiger partial charge in [-0.25, -0.2) is 4.39 Å². The summed E-state index contributed by atoms with van der Waals surface area (Å²) < 4.78 is 42.4. The molecule has 0 bridgehead atoms. The summed E-state index contributed by atoms with van der Waals surface area (Å²) in [4.78, 5) is 48.2. The van der Waals surface area contributed by atoms with Gasteiger partial charge in [0.15, 0.2) is 31.2 Å². The first-order valence-corrected chi connectivity index (χ1v) is 23.4. The van der Waals surface area contributed by atoms with Crippen LogP contribution in [-0.2, 0) is 28.9 Å². The van der Waals surface area contributed by atoms with Gasteiger partial charge in [0.25, 0.3) is 5.88 Å². The summed E-state index contributed by atoms with van der Waals surface area (Å²) >= 11 is 0. The number of fused-ring (bicyclic) bond motifs is 4. The van der Waals surface area contributed by atoms with Gasteiger partial charge >= 0.3 is 0 Å². The van der Waals surface area contributed by atoms with Crippen molar-refractivity contribution < 1.29 is 42.3 Å². The summed E-state index contributed by atoms with van der Waals surface area (Å²) in [7, 11) is 2.54. The predicted octanol–water partition coefficient (Wildman–Crippen LogP) is 8.06. The van der Waals surface area contributed by atoms with Crippen LogP contribution < -0.4 is 14.8 Å². The smallest absolute Gasteiger partial charge is 0.265 e. The van der Waals surface area contributed by atoms with E-state index >= 15 is 14.0 Å². The standard InChI is InChI=1S/C46H53FN4O8Si/c1-45(2,3)60(7,8)59-46-30(37(50(4)5)40-36(42(46)54)44(49-58-40)57-25-27-17-13-10-14-18-27)22-28-21-29-31(47)23-32(48-43(55)33-19-20-51(33)6)39(35(29)38(52)34(28)41(46)53)56-24-26-15-11-9-12-16-26/h9-18,23,28,30,33,37,53H,19-22,24-25H2,1-8H3,(H,48,55)/t28-,30-,33-,37-,46?/m0/s1. The second-order valence-corrected chi connectivity index (χ2v) is 23.0. The maximum Gasteiger partial charge on any atom is 0.265 e. The van der Waals surface area contributed by atoms with Crippen molar-refractivity contribution >= 4 is 31.5 Å². The number of aliphatic hydroxyl groups excluding tert-OH is 1.